The smallest absolute Gasteiger partial charge is 0.280 e. The molecular formula is C22H24F2N6O. The van der Waals surface area contributed by atoms with Crippen molar-refractivity contribution in [1.82, 2.24) is 24.8 Å². The van der Waals surface area contributed by atoms with E-state index in [1.54, 1.807) is 12.1 Å². The summed E-state index contributed by atoms with van der Waals surface area (Å²) in [6, 6.07) is 8.28. The number of nitrogens with one attached hydrogen (secondary N) is 1. The fraction of sp³-hybridized carbons (Fsp3) is 0.455. The number of nitrogens with zero attached hydrogens (tertiary/aromatic N) is 5. The number of rotatable bonds is 4. The predicted octanol–water partition coefficient (Wildman–Crippen LogP) is 3.80. The number of anilines is 1. The molecule has 0 aliphatic carbocycles. The maximum atomic E-state index is 13.0. The van der Waals surface area contributed by atoms with E-state index in [-0.39, 0.29) is 17.5 Å². The molecule has 5 rings (SSSR count). The molecule has 3 aromatic heterocycles. The highest BCUT2D eigenvalue weighted by Crippen LogP contribution is 2.27. The highest BCUT2D eigenvalue weighted by Gasteiger charge is 2.31. The molecule has 2 aliphatic rings. The molecule has 31 heavy (non-hydrogen) atoms. The van der Waals surface area contributed by atoms with Gasteiger partial charge in [0, 0.05) is 26.2 Å². The Balaban J connectivity index is 1.37. The lowest BCUT2D eigenvalue weighted by atomic mass is 9.96. The Kier molecular flexibility index (Phi) is 5.25. The van der Waals surface area contributed by atoms with Gasteiger partial charge in [0.1, 0.15) is 17.2 Å². The summed E-state index contributed by atoms with van der Waals surface area (Å²) in [5.41, 5.74) is 1.29. The van der Waals surface area contributed by atoms with Gasteiger partial charge in [0.05, 0.1) is 11.4 Å². The normalized spacial score (nSPS) is 19.5. The van der Waals surface area contributed by atoms with Gasteiger partial charge in [0.15, 0.2) is 11.5 Å². The number of aromatic amines is 1. The Morgan fingerprint density at radius 2 is 1.87 bits per heavy atom. The second-order valence-corrected chi connectivity index (χ2v) is 8.19. The zero-order chi connectivity index (χ0) is 21.4. The first-order chi connectivity index (χ1) is 15.1. The van der Waals surface area contributed by atoms with Gasteiger partial charge in [-0.15, -0.1) is 0 Å². The van der Waals surface area contributed by atoms with Crippen LogP contribution in [-0.4, -0.2) is 56.9 Å². The number of hydrogen-bond donors (Lipinski definition) is 1. The minimum absolute atomic E-state index is 0.000351. The number of imidazole rings is 1. The highest BCUT2D eigenvalue weighted by molar-refractivity contribution is 5.80. The summed E-state index contributed by atoms with van der Waals surface area (Å²) in [5.74, 6) is 1.44. The van der Waals surface area contributed by atoms with Crippen LogP contribution in [0.5, 0.6) is 0 Å². The van der Waals surface area contributed by atoms with E-state index < -0.39 is 6.43 Å². The Morgan fingerprint density at radius 3 is 2.68 bits per heavy atom. The molecule has 3 aromatic rings. The number of aromatic nitrogens is 4. The highest BCUT2D eigenvalue weighted by atomic mass is 19.3. The Labute approximate surface area is 178 Å². The lowest BCUT2D eigenvalue weighted by molar-refractivity contribution is -0.134. The van der Waals surface area contributed by atoms with Crippen LogP contribution in [0.3, 0.4) is 0 Å². The third-order valence-corrected chi connectivity index (χ3v) is 6.08. The maximum absolute atomic E-state index is 13.0. The van der Waals surface area contributed by atoms with E-state index in [1.807, 2.05) is 17.0 Å². The van der Waals surface area contributed by atoms with Crippen molar-refractivity contribution >= 4 is 22.9 Å². The number of alkyl halides is 2. The van der Waals surface area contributed by atoms with Crippen molar-refractivity contribution in [3.8, 4) is 11.5 Å². The zero-order valence-electron chi connectivity index (χ0n) is 17.1. The summed E-state index contributed by atoms with van der Waals surface area (Å²) < 4.78 is 26.0. The third kappa shape index (κ3) is 3.96. The molecule has 1 N–H and O–H groups in total. The average molecular weight is 426 g/mol. The van der Waals surface area contributed by atoms with E-state index in [0.717, 1.165) is 51.1 Å². The van der Waals surface area contributed by atoms with Crippen molar-refractivity contribution < 1.29 is 13.6 Å². The fourth-order valence-corrected chi connectivity index (χ4v) is 4.47. The van der Waals surface area contributed by atoms with Crippen LogP contribution in [0.2, 0.25) is 0 Å². The largest absolute Gasteiger partial charge is 0.356 e. The van der Waals surface area contributed by atoms with Crippen molar-refractivity contribution in [2.45, 2.75) is 32.1 Å². The summed E-state index contributed by atoms with van der Waals surface area (Å²) in [7, 11) is 0. The van der Waals surface area contributed by atoms with Crippen LogP contribution < -0.4 is 4.90 Å². The Morgan fingerprint density at radius 1 is 1.03 bits per heavy atom. The number of fused-ring (bicyclic) bond motifs is 1. The molecular weight excluding hydrogens is 402 g/mol. The van der Waals surface area contributed by atoms with Gasteiger partial charge >= 0.3 is 0 Å². The molecule has 2 saturated heterocycles. The molecule has 1 atom stereocenters. The number of pyridine rings is 2. The van der Waals surface area contributed by atoms with Crippen LogP contribution in [0, 0.1) is 5.92 Å². The number of hydrogen-bond acceptors (Lipinski definition) is 5. The van der Waals surface area contributed by atoms with E-state index in [4.69, 9.17) is 0 Å². The number of amides is 1. The first kappa shape index (κ1) is 19.8. The van der Waals surface area contributed by atoms with Gasteiger partial charge in [-0.2, -0.15) is 0 Å². The van der Waals surface area contributed by atoms with Gasteiger partial charge in [-0.1, -0.05) is 6.07 Å². The van der Waals surface area contributed by atoms with Crippen LogP contribution in [0.1, 0.15) is 37.8 Å². The van der Waals surface area contributed by atoms with E-state index >= 15 is 0 Å². The van der Waals surface area contributed by atoms with Gasteiger partial charge in [0.25, 0.3) is 6.43 Å². The molecule has 9 heteroatoms. The van der Waals surface area contributed by atoms with E-state index in [9.17, 15) is 13.6 Å². The van der Waals surface area contributed by atoms with E-state index in [1.165, 1.54) is 6.07 Å². The molecule has 7 nitrogen and oxygen atoms in total. The van der Waals surface area contributed by atoms with Crippen LogP contribution in [0.25, 0.3) is 22.7 Å². The van der Waals surface area contributed by atoms with Crippen molar-refractivity contribution in [1.29, 1.82) is 0 Å². The molecule has 0 radical (unpaired) electrons. The summed E-state index contributed by atoms with van der Waals surface area (Å²) in [5, 5.41) is 0. The Hall–Kier alpha value is -3.10. The quantitative estimate of drug-likeness (QED) is 0.687. The second kappa shape index (κ2) is 8.20. The van der Waals surface area contributed by atoms with Gasteiger partial charge in [0.2, 0.25) is 5.91 Å². The lowest BCUT2D eigenvalue weighted by Crippen LogP contribution is -2.44. The van der Waals surface area contributed by atoms with Gasteiger partial charge in [-0.25, -0.2) is 23.7 Å². The molecule has 2 fully saturated rings. The molecule has 0 aromatic carbocycles. The number of likely N-dealkylation sites (tertiary alicyclic amines) is 1. The topological polar surface area (TPSA) is 78.0 Å². The number of carbonyl (C=O) groups is 1. The SMILES string of the molecule is O=C(C1CCCN(c2ccc3[nH]c(-c4cccc(C(F)F)n4)nc3n2)C1)N1CCCC1. The van der Waals surface area contributed by atoms with Crippen LogP contribution >= 0.6 is 0 Å². The van der Waals surface area contributed by atoms with Crippen molar-refractivity contribution in [3.63, 3.8) is 0 Å². The molecule has 0 bridgehead atoms. The average Bonchev–Trinajstić information content (AvgIpc) is 3.48. The second-order valence-electron chi connectivity index (χ2n) is 8.19. The fourth-order valence-electron chi connectivity index (χ4n) is 4.47. The maximum Gasteiger partial charge on any atom is 0.280 e. The molecule has 1 unspecified atom stereocenters. The molecule has 162 valence electrons. The summed E-state index contributed by atoms with van der Waals surface area (Å²) in [6.45, 7) is 3.24. The Bertz CT molecular complexity index is 1090. The van der Waals surface area contributed by atoms with Crippen LogP contribution in [0.4, 0.5) is 14.6 Å². The lowest BCUT2D eigenvalue weighted by Gasteiger charge is -2.34. The first-order valence-electron chi connectivity index (χ1n) is 10.7. The van der Waals surface area contributed by atoms with E-state index in [2.05, 4.69) is 24.8 Å². The van der Waals surface area contributed by atoms with Gasteiger partial charge in [-0.05, 0) is 49.9 Å². The van der Waals surface area contributed by atoms with Crippen molar-refractivity contribution in [3.05, 3.63) is 36.0 Å². The molecule has 2 aliphatic heterocycles. The minimum atomic E-state index is -2.63. The molecule has 0 saturated carbocycles. The number of H-pyrrole nitrogens is 1. The van der Waals surface area contributed by atoms with Crippen molar-refractivity contribution in [2.75, 3.05) is 31.1 Å². The van der Waals surface area contributed by atoms with Crippen LogP contribution in [0.15, 0.2) is 30.3 Å². The predicted molar refractivity (Wildman–Crippen MR) is 113 cm³/mol. The minimum Gasteiger partial charge on any atom is -0.356 e. The third-order valence-electron chi connectivity index (χ3n) is 6.08. The van der Waals surface area contributed by atoms with Crippen LogP contribution in [-0.2, 0) is 4.79 Å². The number of piperidine rings is 1. The molecule has 1 amide bonds. The van der Waals surface area contributed by atoms with Gasteiger partial charge in [-0.3, -0.25) is 4.79 Å². The van der Waals surface area contributed by atoms with E-state index in [0.29, 0.717) is 29.2 Å². The number of halogens is 2. The van der Waals surface area contributed by atoms with Crippen molar-refractivity contribution in [2.24, 2.45) is 5.92 Å². The molecule has 0 spiro atoms. The monoisotopic (exact) mass is 426 g/mol. The summed E-state index contributed by atoms with van der Waals surface area (Å²) in [4.78, 5) is 33.2. The first-order valence-corrected chi connectivity index (χ1v) is 10.7. The summed E-state index contributed by atoms with van der Waals surface area (Å²) >= 11 is 0. The standard InChI is InChI=1S/C22H24F2N6O/c23-19(24)15-6-3-7-16(25-15)20-26-17-8-9-18(27-21(17)28-20)30-12-4-5-14(13-30)22(31)29-10-1-2-11-29/h3,6-9,14,19H,1-2,4-5,10-13H2,(H,26,27,28). The zero-order valence-corrected chi connectivity index (χ0v) is 17.1. The molecule has 5 heterocycles. The number of carbonyl (C=O) groups excluding carboxylic acids is 1. The summed E-state index contributed by atoms with van der Waals surface area (Å²) in [6.07, 6.45) is 1.41. The van der Waals surface area contributed by atoms with Gasteiger partial charge < -0.3 is 14.8 Å².